The number of nitrogens with one attached hydrogen (secondary N) is 1. The second-order valence-corrected chi connectivity index (χ2v) is 10.5. The van der Waals surface area contributed by atoms with Crippen LogP contribution in [0.4, 0.5) is 4.39 Å². The number of amides is 1. The van der Waals surface area contributed by atoms with E-state index in [4.69, 9.17) is 0 Å². The van der Waals surface area contributed by atoms with Crippen molar-refractivity contribution >= 4 is 38.6 Å². The standard InChI is InChI=1S/C21H19FN2O3S3/c1-2-9-23-30(26,27)19-13-14(5-6-16(19)22)21(25)24-10-7-17-15(8-12-29-17)20(24)18-4-3-11-28-18/h2-6,8,11-13,20,23H,1,7,9-10H2. The van der Waals surface area contributed by atoms with Crippen LogP contribution in [0.25, 0.3) is 0 Å². The first kappa shape index (κ1) is 20.9. The van der Waals surface area contributed by atoms with Crippen molar-refractivity contribution in [2.75, 3.05) is 13.1 Å². The molecule has 1 N–H and O–H groups in total. The molecule has 0 radical (unpaired) electrons. The van der Waals surface area contributed by atoms with Gasteiger partial charge in [-0.15, -0.1) is 29.3 Å². The predicted molar refractivity (Wildman–Crippen MR) is 117 cm³/mol. The van der Waals surface area contributed by atoms with Gasteiger partial charge in [-0.1, -0.05) is 12.1 Å². The number of halogens is 1. The maximum Gasteiger partial charge on any atom is 0.254 e. The number of fused-ring (bicyclic) bond motifs is 1. The fraction of sp³-hybridized carbons (Fsp3) is 0.190. The smallest absolute Gasteiger partial charge is 0.254 e. The van der Waals surface area contributed by atoms with Gasteiger partial charge < -0.3 is 4.90 Å². The highest BCUT2D eigenvalue weighted by Crippen LogP contribution is 2.40. The Balaban J connectivity index is 1.72. The monoisotopic (exact) mass is 462 g/mol. The van der Waals surface area contributed by atoms with Gasteiger partial charge in [0.05, 0.1) is 6.04 Å². The molecule has 30 heavy (non-hydrogen) atoms. The van der Waals surface area contributed by atoms with Gasteiger partial charge in [0.25, 0.3) is 5.91 Å². The van der Waals surface area contributed by atoms with Gasteiger partial charge in [0.2, 0.25) is 10.0 Å². The van der Waals surface area contributed by atoms with E-state index >= 15 is 0 Å². The van der Waals surface area contributed by atoms with Crippen LogP contribution in [-0.4, -0.2) is 32.3 Å². The summed E-state index contributed by atoms with van der Waals surface area (Å²) in [4.78, 5) is 16.9. The molecule has 5 nitrogen and oxygen atoms in total. The second kappa shape index (κ2) is 8.43. The van der Waals surface area contributed by atoms with Crippen molar-refractivity contribution in [3.8, 4) is 0 Å². The molecule has 3 heterocycles. The summed E-state index contributed by atoms with van der Waals surface area (Å²) >= 11 is 3.24. The van der Waals surface area contributed by atoms with Crippen LogP contribution in [0.1, 0.15) is 31.7 Å². The molecule has 0 aliphatic carbocycles. The molecule has 1 atom stereocenters. The Hall–Kier alpha value is -2.33. The third kappa shape index (κ3) is 3.85. The zero-order chi connectivity index (χ0) is 21.3. The molecule has 0 bridgehead atoms. The number of thiophene rings is 2. The largest absolute Gasteiger partial charge is 0.326 e. The van der Waals surface area contributed by atoms with Gasteiger partial charge in [-0.2, -0.15) is 0 Å². The van der Waals surface area contributed by atoms with E-state index in [1.807, 2.05) is 29.0 Å². The minimum Gasteiger partial charge on any atom is -0.326 e. The number of nitrogens with zero attached hydrogens (tertiary/aromatic N) is 1. The first-order valence-electron chi connectivity index (χ1n) is 9.23. The molecule has 2 aromatic heterocycles. The van der Waals surface area contributed by atoms with Crippen LogP contribution in [0.2, 0.25) is 0 Å². The van der Waals surface area contributed by atoms with E-state index in [1.54, 1.807) is 27.6 Å². The van der Waals surface area contributed by atoms with Crippen LogP contribution in [-0.2, 0) is 16.4 Å². The molecular formula is C21H19FN2O3S3. The highest BCUT2D eigenvalue weighted by molar-refractivity contribution is 7.89. The Bertz CT molecular complexity index is 1190. The Morgan fingerprint density at radius 3 is 2.83 bits per heavy atom. The van der Waals surface area contributed by atoms with Gasteiger partial charge >= 0.3 is 0 Å². The van der Waals surface area contributed by atoms with Crippen LogP contribution in [0.3, 0.4) is 0 Å². The van der Waals surface area contributed by atoms with Crippen molar-refractivity contribution in [2.24, 2.45) is 0 Å². The molecule has 3 aromatic rings. The summed E-state index contributed by atoms with van der Waals surface area (Å²) in [7, 11) is -4.10. The average molecular weight is 463 g/mol. The predicted octanol–water partition coefficient (Wildman–Crippen LogP) is 4.20. The van der Waals surface area contributed by atoms with Crippen molar-refractivity contribution in [3.05, 3.63) is 86.5 Å². The summed E-state index contributed by atoms with van der Waals surface area (Å²) in [6.45, 7) is 3.92. The van der Waals surface area contributed by atoms with E-state index < -0.39 is 20.7 Å². The molecule has 1 unspecified atom stereocenters. The average Bonchev–Trinajstić information content (AvgIpc) is 3.43. The van der Waals surface area contributed by atoms with E-state index in [-0.39, 0.29) is 24.1 Å². The van der Waals surface area contributed by atoms with E-state index in [0.29, 0.717) is 6.54 Å². The van der Waals surface area contributed by atoms with Gasteiger partial charge in [-0.25, -0.2) is 17.5 Å². The maximum atomic E-state index is 14.3. The molecule has 4 rings (SSSR count). The van der Waals surface area contributed by atoms with Crippen LogP contribution >= 0.6 is 22.7 Å². The third-order valence-electron chi connectivity index (χ3n) is 4.92. The zero-order valence-electron chi connectivity index (χ0n) is 15.9. The Morgan fingerprint density at radius 1 is 1.27 bits per heavy atom. The molecule has 1 aromatic carbocycles. The first-order valence-corrected chi connectivity index (χ1v) is 12.5. The SMILES string of the molecule is C=CCNS(=O)(=O)c1cc(C(=O)N2CCc3sccc3C2c2cccs2)ccc1F. The summed E-state index contributed by atoms with van der Waals surface area (Å²) in [6.07, 6.45) is 2.09. The first-order chi connectivity index (χ1) is 14.4. The van der Waals surface area contributed by atoms with Crippen LogP contribution in [0.5, 0.6) is 0 Å². The van der Waals surface area contributed by atoms with Crippen molar-refractivity contribution in [2.45, 2.75) is 17.4 Å². The van der Waals surface area contributed by atoms with E-state index in [9.17, 15) is 17.6 Å². The lowest BCUT2D eigenvalue weighted by Gasteiger charge is -2.35. The summed E-state index contributed by atoms with van der Waals surface area (Å²) < 4.78 is 41.4. The van der Waals surface area contributed by atoms with Gasteiger partial charge in [-0.3, -0.25) is 4.79 Å². The van der Waals surface area contributed by atoms with Crippen molar-refractivity contribution in [1.29, 1.82) is 0 Å². The molecular weight excluding hydrogens is 443 g/mol. The van der Waals surface area contributed by atoms with Crippen molar-refractivity contribution in [1.82, 2.24) is 9.62 Å². The second-order valence-electron chi connectivity index (χ2n) is 6.75. The zero-order valence-corrected chi connectivity index (χ0v) is 18.3. The van der Waals surface area contributed by atoms with Gasteiger partial charge in [0, 0.05) is 28.4 Å². The number of sulfonamides is 1. The maximum absolute atomic E-state index is 14.3. The van der Waals surface area contributed by atoms with Crippen LogP contribution in [0, 0.1) is 5.82 Å². The van der Waals surface area contributed by atoms with E-state index in [0.717, 1.165) is 29.0 Å². The molecule has 0 fully saturated rings. The Kier molecular flexibility index (Phi) is 5.88. The normalized spacial score (nSPS) is 16.3. The number of rotatable bonds is 6. The lowest BCUT2D eigenvalue weighted by atomic mass is 9.97. The summed E-state index contributed by atoms with van der Waals surface area (Å²) in [5, 5.41) is 3.99. The minimum atomic E-state index is -4.10. The van der Waals surface area contributed by atoms with Gasteiger partial charge in [-0.05, 0) is 53.1 Å². The summed E-state index contributed by atoms with van der Waals surface area (Å²) in [6, 6.07) is 9.19. The topological polar surface area (TPSA) is 66.5 Å². The molecule has 156 valence electrons. The van der Waals surface area contributed by atoms with Gasteiger partial charge in [0.1, 0.15) is 10.7 Å². The fourth-order valence-corrected chi connectivity index (χ4v) is 6.40. The number of carbonyl (C=O) groups is 1. The fourth-order valence-electron chi connectivity index (χ4n) is 3.54. The number of carbonyl (C=O) groups excluding carboxylic acids is 1. The Labute approximate surface area is 182 Å². The Morgan fingerprint density at radius 2 is 2.10 bits per heavy atom. The molecule has 0 saturated heterocycles. The number of hydrogen-bond donors (Lipinski definition) is 1. The lowest BCUT2D eigenvalue weighted by molar-refractivity contribution is 0.0698. The molecule has 1 aliphatic heterocycles. The van der Waals surface area contributed by atoms with E-state index in [1.165, 1.54) is 17.0 Å². The van der Waals surface area contributed by atoms with Crippen LogP contribution in [0.15, 0.2) is 64.7 Å². The lowest BCUT2D eigenvalue weighted by Crippen LogP contribution is -2.40. The van der Waals surface area contributed by atoms with Crippen molar-refractivity contribution in [3.63, 3.8) is 0 Å². The number of hydrogen-bond acceptors (Lipinski definition) is 5. The highest BCUT2D eigenvalue weighted by atomic mass is 32.2. The van der Waals surface area contributed by atoms with E-state index in [2.05, 4.69) is 11.3 Å². The summed E-state index contributed by atoms with van der Waals surface area (Å²) in [5.41, 5.74) is 1.22. The molecule has 1 amide bonds. The highest BCUT2D eigenvalue weighted by Gasteiger charge is 2.34. The number of benzene rings is 1. The molecule has 1 aliphatic rings. The minimum absolute atomic E-state index is 0.0343. The van der Waals surface area contributed by atoms with Crippen molar-refractivity contribution < 1.29 is 17.6 Å². The molecule has 0 spiro atoms. The quantitative estimate of drug-likeness (QED) is 0.559. The van der Waals surface area contributed by atoms with Gasteiger partial charge in [0.15, 0.2) is 0 Å². The molecule has 9 heteroatoms. The van der Waals surface area contributed by atoms with Crippen LogP contribution < -0.4 is 4.72 Å². The third-order valence-corrected chi connectivity index (χ3v) is 8.28. The summed E-state index contributed by atoms with van der Waals surface area (Å²) in [5.74, 6) is -1.23. The molecule has 0 saturated carbocycles.